The molecule has 0 bridgehead atoms. The van der Waals surface area contributed by atoms with Crippen molar-refractivity contribution in [3.8, 4) is 6.07 Å². The maximum atomic E-state index is 8.96. The molecule has 0 aromatic heterocycles. The van der Waals surface area contributed by atoms with E-state index < -0.39 is 6.10 Å². The molecule has 0 amide bonds. The third-order valence-electron chi connectivity index (χ3n) is 1.21. The standard InChI is InChI=1S/C5H7N3O/c6-1-4-2-7-8-3-5(4)9/h3-5,7,9H,2H2. The minimum absolute atomic E-state index is 0.345. The number of hydrogen-bond donors (Lipinski definition) is 2. The molecule has 1 rings (SSSR count). The second kappa shape index (κ2) is 2.46. The average molecular weight is 125 g/mol. The molecule has 0 fully saturated rings. The predicted octanol–water partition coefficient (Wildman–Crippen LogP) is -0.924. The van der Waals surface area contributed by atoms with Gasteiger partial charge in [-0.3, -0.25) is 0 Å². The van der Waals surface area contributed by atoms with Gasteiger partial charge in [-0.15, -0.1) is 0 Å². The smallest absolute Gasteiger partial charge is 0.108 e. The molecule has 0 aromatic carbocycles. The summed E-state index contributed by atoms with van der Waals surface area (Å²) >= 11 is 0. The predicted molar refractivity (Wildman–Crippen MR) is 31.6 cm³/mol. The van der Waals surface area contributed by atoms with Crippen molar-refractivity contribution in [2.24, 2.45) is 11.0 Å². The Hall–Kier alpha value is -1.08. The van der Waals surface area contributed by atoms with Crippen molar-refractivity contribution in [3.63, 3.8) is 0 Å². The molecule has 2 atom stereocenters. The number of hydrazone groups is 1. The number of nitrogens with one attached hydrogen (secondary N) is 1. The zero-order valence-corrected chi connectivity index (χ0v) is 4.78. The Bertz CT molecular complexity index is 160. The summed E-state index contributed by atoms with van der Waals surface area (Å²) in [5.74, 6) is -0.345. The lowest BCUT2D eigenvalue weighted by Gasteiger charge is -2.15. The zero-order chi connectivity index (χ0) is 6.69. The Morgan fingerprint density at radius 3 is 3.11 bits per heavy atom. The SMILES string of the molecule is N#CC1CNN=CC1O. The van der Waals surface area contributed by atoms with Crippen LogP contribution in [0, 0.1) is 17.2 Å². The van der Waals surface area contributed by atoms with Crippen LogP contribution in [-0.4, -0.2) is 24.0 Å². The minimum atomic E-state index is -0.698. The molecular weight excluding hydrogens is 118 g/mol. The highest BCUT2D eigenvalue weighted by Crippen LogP contribution is 2.01. The molecule has 1 aliphatic rings. The number of aliphatic hydroxyl groups is 1. The van der Waals surface area contributed by atoms with Crippen molar-refractivity contribution in [2.45, 2.75) is 6.10 Å². The van der Waals surface area contributed by atoms with Crippen LogP contribution >= 0.6 is 0 Å². The second-order valence-electron chi connectivity index (χ2n) is 1.87. The Kier molecular flexibility index (Phi) is 1.66. The monoisotopic (exact) mass is 125 g/mol. The van der Waals surface area contributed by atoms with E-state index in [0.29, 0.717) is 6.54 Å². The molecule has 1 heterocycles. The van der Waals surface area contributed by atoms with Gasteiger partial charge in [-0.1, -0.05) is 0 Å². The van der Waals surface area contributed by atoms with E-state index >= 15 is 0 Å². The first-order chi connectivity index (χ1) is 4.34. The van der Waals surface area contributed by atoms with Crippen LogP contribution in [-0.2, 0) is 0 Å². The Morgan fingerprint density at radius 1 is 1.89 bits per heavy atom. The summed E-state index contributed by atoms with van der Waals surface area (Å²) < 4.78 is 0. The maximum Gasteiger partial charge on any atom is 0.108 e. The van der Waals surface area contributed by atoms with Crippen LogP contribution < -0.4 is 5.43 Å². The fourth-order valence-electron chi connectivity index (χ4n) is 0.627. The van der Waals surface area contributed by atoms with Gasteiger partial charge in [-0.25, -0.2) is 0 Å². The molecule has 0 spiro atoms. The van der Waals surface area contributed by atoms with E-state index in [1.54, 1.807) is 0 Å². The van der Waals surface area contributed by atoms with Crippen molar-refractivity contribution >= 4 is 6.21 Å². The van der Waals surface area contributed by atoms with Crippen molar-refractivity contribution in [1.29, 1.82) is 5.26 Å². The van der Waals surface area contributed by atoms with Gasteiger partial charge < -0.3 is 10.5 Å². The lowest BCUT2D eigenvalue weighted by Crippen LogP contribution is -2.34. The molecule has 2 unspecified atom stereocenters. The van der Waals surface area contributed by atoms with Gasteiger partial charge in [-0.2, -0.15) is 10.4 Å². The van der Waals surface area contributed by atoms with Gasteiger partial charge in [0.2, 0.25) is 0 Å². The second-order valence-corrected chi connectivity index (χ2v) is 1.87. The molecule has 0 saturated heterocycles. The third-order valence-corrected chi connectivity index (χ3v) is 1.21. The van der Waals surface area contributed by atoms with Crippen LogP contribution in [0.5, 0.6) is 0 Å². The first kappa shape index (κ1) is 6.05. The van der Waals surface area contributed by atoms with Crippen LogP contribution in [0.25, 0.3) is 0 Å². The molecule has 0 radical (unpaired) electrons. The number of nitrogens with zero attached hydrogens (tertiary/aromatic N) is 2. The number of hydrogen-bond acceptors (Lipinski definition) is 4. The van der Waals surface area contributed by atoms with Crippen molar-refractivity contribution < 1.29 is 5.11 Å². The summed E-state index contributed by atoms with van der Waals surface area (Å²) in [5.41, 5.74) is 2.60. The van der Waals surface area contributed by atoms with Gasteiger partial charge >= 0.3 is 0 Å². The van der Waals surface area contributed by atoms with Crippen LogP contribution in [0.4, 0.5) is 0 Å². The highest BCUT2D eigenvalue weighted by molar-refractivity contribution is 5.64. The molecule has 1 aliphatic heterocycles. The molecule has 2 N–H and O–H groups in total. The maximum absolute atomic E-state index is 8.96. The number of nitriles is 1. The molecule has 9 heavy (non-hydrogen) atoms. The third kappa shape index (κ3) is 1.18. The number of aliphatic hydroxyl groups excluding tert-OH is 1. The highest BCUT2D eigenvalue weighted by atomic mass is 16.3. The minimum Gasteiger partial charge on any atom is -0.386 e. The van der Waals surface area contributed by atoms with E-state index in [9.17, 15) is 0 Å². The van der Waals surface area contributed by atoms with Crippen molar-refractivity contribution in [3.05, 3.63) is 0 Å². The average Bonchev–Trinajstić information content (AvgIpc) is 1.89. The van der Waals surface area contributed by atoms with Crippen LogP contribution in [0.1, 0.15) is 0 Å². The van der Waals surface area contributed by atoms with Gasteiger partial charge in [0.25, 0.3) is 0 Å². The van der Waals surface area contributed by atoms with Gasteiger partial charge in [0, 0.05) is 0 Å². The molecule has 0 aliphatic carbocycles. The van der Waals surface area contributed by atoms with Gasteiger partial charge in [-0.05, 0) is 0 Å². The van der Waals surface area contributed by atoms with Crippen molar-refractivity contribution in [1.82, 2.24) is 5.43 Å². The lowest BCUT2D eigenvalue weighted by molar-refractivity contribution is 0.193. The quantitative estimate of drug-likeness (QED) is 0.439. The summed E-state index contributed by atoms with van der Waals surface area (Å²) in [6.45, 7) is 0.439. The van der Waals surface area contributed by atoms with Gasteiger partial charge in [0.15, 0.2) is 0 Å². The van der Waals surface area contributed by atoms with Gasteiger partial charge in [0.1, 0.15) is 6.10 Å². The lowest BCUT2D eigenvalue weighted by atomic mass is 10.1. The topological polar surface area (TPSA) is 68.4 Å². The van der Waals surface area contributed by atoms with Crippen LogP contribution in [0.15, 0.2) is 5.10 Å². The van der Waals surface area contributed by atoms with E-state index in [4.69, 9.17) is 10.4 Å². The highest BCUT2D eigenvalue weighted by Gasteiger charge is 2.18. The Morgan fingerprint density at radius 2 is 2.67 bits per heavy atom. The van der Waals surface area contributed by atoms with Gasteiger partial charge in [0.05, 0.1) is 24.7 Å². The fourth-order valence-corrected chi connectivity index (χ4v) is 0.627. The molecule has 0 saturated carbocycles. The summed E-state index contributed by atoms with van der Waals surface area (Å²) in [6, 6.07) is 1.95. The molecule has 4 heteroatoms. The summed E-state index contributed by atoms with van der Waals surface area (Å²) in [7, 11) is 0. The van der Waals surface area contributed by atoms with Crippen LogP contribution in [0.3, 0.4) is 0 Å². The van der Waals surface area contributed by atoms with E-state index in [-0.39, 0.29) is 5.92 Å². The molecule has 48 valence electrons. The molecule has 0 aromatic rings. The van der Waals surface area contributed by atoms with E-state index in [1.807, 2.05) is 6.07 Å². The first-order valence-corrected chi connectivity index (χ1v) is 2.68. The fraction of sp³-hybridized carbons (Fsp3) is 0.600. The normalized spacial score (nSPS) is 32.9. The Labute approximate surface area is 52.8 Å². The summed E-state index contributed by atoms with van der Waals surface area (Å²) in [6.07, 6.45) is 0.633. The van der Waals surface area contributed by atoms with E-state index in [2.05, 4.69) is 10.5 Å². The largest absolute Gasteiger partial charge is 0.386 e. The van der Waals surface area contributed by atoms with E-state index in [1.165, 1.54) is 6.21 Å². The molecule has 4 nitrogen and oxygen atoms in total. The van der Waals surface area contributed by atoms with Crippen LogP contribution in [0.2, 0.25) is 0 Å². The first-order valence-electron chi connectivity index (χ1n) is 2.68. The summed E-state index contributed by atoms with van der Waals surface area (Å²) in [4.78, 5) is 0. The molecular formula is C5H7N3O. The zero-order valence-electron chi connectivity index (χ0n) is 4.78. The van der Waals surface area contributed by atoms with E-state index in [0.717, 1.165) is 0 Å². The summed E-state index contributed by atoms with van der Waals surface area (Å²) in [5, 5.41) is 20.9. The van der Waals surface area contributed by atoms with Crippen molar-refractivity contribution in [2.75, 3.05) is 6.54 Å². The Balaban J connectivity index is 2.57. The number of rotatable bonds is 0.